The maximum atomic E-state index is 11.7. The van der Waals surface area contributed by atoms with Crippen LogP contribution in [0.25, 0.3) is 0 Å². The zero-order valence-corrected chi connectivity index (χ0v) is 10.9. The molecule has 0 saturated heterocycles. The van der Waals surface area contributed by atoms with E-state index in [1.54, 1.807) is 6.07 Å². The minimum absolute atomic E-state index is 0.108. The summed E-state index contributed by atoms with van der Waals surface area (Å²) in [6.45, 7) is 0. The van der Waals surface area contributed by atoms with Gasteiger partial charge in [0.05, 0.1) is 0 Å². The Kier molecular flexibility index (Phi) is 4.30. The summed E-state index contributed by atoms with van der Waals surface area (Å²) in [6.07, 6.45) is 2.50. The van der Waals surface area contributed by atoms with Crippen LogP contribution in [0.5, 0.6) is 0 Å². The molecule has 1 aromatic heterocycles. The van der Waals surface area contributed by atoms with E-state index in [0.717, 1.165) is 5.56 Å². The molecule has 5 nitrogen and oxygen atoms in total. The van der Waals surface area contributed by atoms with Crippen molar-refractivity contribution in [3.8, 4) is 0 Å². The van der Waals surface area contributed by atoms with Crippen molar-refractivity contribution in [2.45, 2.75) is 12.8 Å². The molecular formula is C13H13ClN4O. The first-order valence-electron chi connectivity index (χ1n) is 5.76. The highest BCUT2D eigenvalue weighted by Crippen LogP contribution is 2.09. The topological polar surface area (TPSA) is 80.9 Å². The molecule has 0 fully saturated rings. The Bertz CT molecular complexity index is 571. The van der Waals surface area contributed by atoms with Crippen LogP contribution in [0.1, 0.15) is 12.0 Å². The summed E-state index contributed by atoms with van der Waals surface area (Å²) in [5, 5.41) is 2.77. The molecule has 1 aromatic carbocycles. The van der Waals surface area contributed by atoms with Crippen LogP contribution in [0.15, 0.2) is 36.5 Å². The fraction of sp³-hybridized carbons (Fsp3) is 0.154. The Morgan fingerprint density at radius 1 is 1.26 bits per heavy atom. The molecular weight excluding hydrogens is 264 g/mol. The molecule has 2 rings (SSSR count). The summed E-state index contributed by atoms with van der Waals surface area (Å²) in [5.41, 5.74) is 7.37. The van der Waals surface area contributed by atoms with Crippen LogP contribution in [-0.4, -0.2) is 15.9 Å². The van der Waals surface area contributed by atoms with Crippen molar-refractivity contribution in [2.24, 2.45) is 0 Å². The smallest absolute Gasteiger partial charge is 0.225 e. The average molecular weight is 277 g/mol. The number of hydrogen-bond acceptors (Lipinski definition) is 4. The Balaban J connectivity index is 1.86. The lowest BCUT2D eigenvalue weighted by molar-refractivity contribution is -0.116. The van der Waals surface area contributed by atoms with E-state index in [-0.39, 0.29) is 11.2 Å². The van der Waals surface area contributed by atoms with E-state index < -0.39 is 0 Å². The van der Waals surface area contributed by atoms with Gasteiger partial charge in [0.15, 0.2) is 0 Å². The third-order valence-electron chi connectivity index (χ3n) is 2.51. The van der Waals surface area contributed by atoms with Crippen LogP contribution in [0, 0.1) is 0 Å². The molecule has 0 bridgehead atoms. The third-order valence-corrected chi connectivity index (χ3v) is 2.70. The Morgan fingerprint density at radius 2 is 2.00 bits per heavy atom. The number of aromatic nitrogens is 2. The molecule has 98 valence electrons. The first-order valence-corrected chi connectivity index (χ1v) is 6.14. The summed E-state index contributed by atoms with van der Waals surface area (Å²) in [5.74, 6) is 0.286. The van der Waals surface area contributed by atoms with E-state index >= 15 is 0 Å². The highest BCUT2D eigenvalue weighted by atomic mass is 35.5. The van der Waals surface area contributed by atoms with E-state index in [0.29, 0.717) is 24.3 Å². The Labute approximate surface area is 115 Å². The number of anilines is 2. The van der Waals surface area contributed by atoms with Crippen LogP contribution in [-0.2, 0) is 11.2 Å². The number of carbonyl (C=O) groups excluding carboxylic acids is 1. The highest BCUT2D eigenvalue weighted by Gasteiger charge is 2.04. The fourth-order valence-corrected chi connectivity index (χ4v) is 1.70. The van der Waals surface area contributed by atoms with Gasteiger partial charge >= 0.3 is 0 Å². The lowest BCUT2D eigenvalue weighted by atomic mass is 10.1. The molecule has 0 aliphatic carbocycles. The van der Waals surface area contributed by atoms with Crippen LogP contribution >= 0.6 is 11.6 Å². The minimum Gasteiger partial charge on any atom is -0.399 e. The minimum atomic E-state index is -0.119. The van der Waals surface area contributed by atoms with Crippen molar-refractivity contribution in [3.05, 3.63) is 47.4 Å². The normalized spacial score (nSPS) is 10.2. The van der Waals surface area contributed by atoms with Gasteiger partial charge in [0.1, 0.15) is 5.82 Å². The SMILES string of the molecule is Nc1ccc(CCC(=O)Nc2ccnc(Cl)n2)cc1. The van der Waals surface area contributed by atoms with Crippen LogP contribution in [0.3, 0.4) is 0 Å². The van der Waals surface area contributed by atoms with Crippen LogP contribution in [0.4, 0.5) is 11.5 Å². The largest absolute Gasteiger partial charge is 0.399 e. The second-order valence-corrected chi connectivity index (χ2v) is 4.34. The van der Waals surface area contributed by atoms with Gasteiger partial charge in [-0.2, -0.15) is 0 Å². The van der Waals surface area contributed by atoms with Crippen LogP contribution in [0.2, 0.25) is 5.28 Å². The molecule has 1 amide bonds. The molecule has 2 aromatic rings. The Hall–Kier alpha value is -2.14. The number of nitrogens with two attached hydrogens (primary N) is 1. The van der Waals surface area contributed by atoms with Crippen molar-refractivity contribution in [3.63, 3.8) is 0 Å². The maximum Gasteiger partial charge on any atom is 0.225 e. The van der Waals surface area contributed by atoms with Gasteiger partial charge in [0.25, 0.3) is 0 Å². The van der Waals surface area contributed by atoms with Gasteiger partial charge in [-0.05, 0) is 41.8 Å². The first-order chi connectivity index (χ1) is 9.13. The monoisotopic (exact) mass is 276 g/mol. The third kappa shape index (κ3) is 4.22. The number of rotatable bonds is 4. The van der Waals surface area contributed by atoms with Crippen LogP contribution < -0.4 is 11.1 Å². The van der Waals surface area contributed by atoms with Crippen molar-refractivity contribution in [1.82, 2.24) is 9.97 Å². The summed E-state index contributed by atoms with van der Waals surface area (Å²) in [4.78, 5) is 19.4. The quantitative estimate of drug-likeness (QED) is 0.663. The second kappa shape index (κ2) is 6.15. The molecule has 19 heavy (non-hydrogen) atoms. The van der Waals surface area contributed by atoms with Gasteiger partial charge in [-0.1, -0.05) is 12.1 Å². The van der Waals surface area contributed by atoms with Gasteiger partial charge in [-0.25, -0.2) is 9.97 Å². The molecule has 0 atom stereocenters. The van der Waals surface area contributed by atoms with Crippen molar-refractivity contribution in [2.75, 3.05) is 11.1 Å². The average Bonchev–Trinajstić information content (AvgIpc) is 2.38. The molecule has 0 aliphatic heterocycles. The molecule has 0 unspecified atom stereocenters. The molecule has 0 aliphatic rings. The lowest BCUT2D eigenvalue weighted by Crippen LogP contribution is -2.13. The summed E-state index contributed by atoms with van der Waals surface area (Å²) >= 11 is 5.63. The molecule has 0 radical (unpaired) electrons. The number of benzene rings is 1. The first kappa shape index (κ1) is 13.3. The van der Waals surface area contributed by atoms with Gasteiger partial charge in [-0.3, -0.25) is 4.79 Å². The number of halogens is 1. The number of carbonyl (C=O) groups is 1. The molecule has 3 N–H and O–H groups in total. The molecule has 0 spiro atoms. The van der Waals surface area contributed by atoms with E-state index in [1.807, 2.05) is 24.3 Å². The Morgan fingerprint density at radius 3 is 2.68 bits per heavy atom. The zero-order chi connectivity index (χ0) is 13.7. The standard InChI is InChI=1S/C13H13ClN4O/c14-13-16-8-7-11(18-13)17-12(19)6-3-9-1-4-10(15)5-2-9/h1-2,4-5,7-8H,3,6,15H2,(H,16,17,18,19). The lowest BCUT2D eigenvalue weighted by Gasteiger charge is -2.04. The van der Waals surface area contributed by atoms with E-state index in [4.69, 9.17) is 17.3 Å². The number of nitrogens with one attached hydrogen (secondary N) is 1. The van der Waals surface area contributed by atoms with Gasteiger partial charge in [-0.15, -0.1) is 0 Å². The molecule has 0 saturated carbocycles. The molecule has 1 heterocycles. The molecule has 6 heteroatoms. The highest BCUT2D eigenvalue weighted by molar-refractivity contribution is 6.28. The zero-order valence-electron chi connectivity index (χ0n) is 10.1. The van der Waals surface area contributed by atoms with E-state index in [2.05, 4.69) is 15.3 Å². The number of hydrogen-bond donors (Lipinski definition) is 2. The van der Waals surface area contributed by atoms with Gasteiger partial charge in [0.2, 0.25) is 11.2 Å². The van der Waals surface area contributed by atoms with Crippen molar-refractivity contribution < 1.29 is 4.79 Å². The maximum absolute atomic E-state index is 11.7. The fourth-order valence-electron chi connectivity index (χ4n) is 1.55. The summed E-state index contributed by atoms with van der Waals surface area (Å²) in [7, 11) is 0. The number of nitrogens with zero attached hydrogens (tertiary/aromatic N) is 2. The van der Waals surface area contributed by atoms with E-state index in [1.165, 1.54) is 6.20 Å². The van der Waals surface area contributed by atoms with E-state index in [9.17, 15) is 4.79 Å². The predicted molar refractivity (Wildman–Crippen MR) is 74.8 cm³/mol. The second-order valence-electron chi connectivity index (χ2n) is 4.00. The number of amides is 1. The van der Waals surface area contributed by atoms with Gasteiger partial charge in [0, 0.05) is 18.3 Å². The summed E-state index contributed by atoms with van der Waals surface area (Å²) < 4.78 is 0. The number of nitrogen functional groups attached to an aromatic ring is 1. The van der Waals surface area contributed by atoms with Crippen molar-refractivity contribution in [1.29, 1.82) is 0 Å². The predicted octanol–water partition coefficient (Wildman–Crippen LogP) is 2.28. The number of aryl methyl sites for hydroxylation is 1. The van der Waals surface area contributed by atoms with Gasteiger partial charge < -0.3 is 11.1 Å². The summed E-state index contributed by atoms with van der Waals surface area (Å²) in [6, 6.07) is 9.04. The van der Waals surface area contributed by atoms with Crippen molar-refractivity contribution >= 4 is 29.0 Å².